The van der Waals surface area contributed by atoms with Crippen molar-refractivity contribution in [3.63, 3.8) is 0 Å². The maximum atomic E-state index is 13.4. The molecule has 2 aromatic rings. The third-order valence-electron chi connectivity index (χ3n) is 5.37. The zero-order chi connectivity index (χ0) is 21.1. The maximum Gasteiger partial charge on any atom is 0.247 e. The van der Waals surface area contributed by atoms with Crippen molar-refractivity contribution in [3.05, 3.63) is 36.0 Å². The van der Waals surface area contributed by atoms with Crippen LogP contribution in [0.5, 0.6) is 11.5 Å². The lowest BCUT2D eigenvalue weighted by Crippen LogP contribution is -2.49. The average Bonchev–Trinajstić information content (AvgIpc) is 3.61. The maximum absolute atomic E-state index is 13.4. The molecule has 2 aliphatic rings. The van der Waals surface area contributed by atoms with Crippen LogP contribution >= 0.6 is 0 Å². The molecule has 0 radical (unpaired) electrons. The van der Waals surface area contributed by atoms with Crippen molar-refractivity contribution in [3.8, 4) is 11.5 Å². The van der Waals surface area contributed by atoms with Crippen LogP contribution in [-0.4, -0.2) is 62.3 Å². The summed E-state index contributed by atoms with van der Waals surface area (Å²) in [6.07, 6.45) is 2.39. The lowest BCUT2D eigenvalue weighted by molar-refractivity contribution is 0.319. The van der Waals surface area contributed by atoms with Crippen molar-refractivity contribution in [2.45, 2.75) is 37.5 Å². The summed E-state index contributed by atoms with van der Waals surface area (Å²) in [5.41, 5.74) is 1.05. The second-order valence-corrected chi connectivity index (χ2v) is 9.36. The molecule has 0 bridgehead atoms. The molecule has 1 aromatic heterocycles. The highest BCUT2D eigenvalue weighted by Crippen LogP contribution is 2.38. The van der Waals surface area contributed by atoms with E-state index in [4.69, 9.17) is 9.47 Å². The van der Waals surface area contributed by atoms with Gasteiger partial charge in [-0.05, 0) is 51.0 Å². The first-order valence-electron chi connectivity index (χ1n) is 10.5. The molecule has 1 saturated heterocycles. The fourth-order valence-electron chi connectivity index (χ4n) is 3.62. The van der Waals surface area contributed by atoms with Gasteiger partial charge in [-0.15, -0.1) is 5.10 Å². The largest absolute Gasteiger partial charge is 0.494 e. The molecular formula is C21H28N4O4S. The molecule has 0 amide bonds. The van der Waals surface area contributed by atoms with Crippen molar-refractivity contribution in [1.82, 2.24) is 14.5 Å². The summed E-state index contributed by atoms with van der Waals surface area (Å²) < 4.78 is 39.3. The number of anilines is 1. The molecule has 0 N–H and O–H groups in total. The summed E-state index contributed by atoms with van der Waals surface area (Å²) in [6, 6.07) is 8.97. The predicted octanol–water partition coefficient (Wildman–Crippen LogP) is 2.66. The molecule has 0 unspecified atom stereocenters. The van der Waals surface area contributed by atoms with E-state index in [1.54, 1.807) is 18.2 Å². The van der Waals surface area contributed by atoms with Gasteiger partial charge in [-0.1, -0.05) is 0 Å². The molecule has 8 nitrogen and oxygen atoms in total. The fraction of sp³-hybridized carbons (Fsp3) is 0.524. The van der Waals surface area contributed by atoms with Crippen LogP contribution in [0.25, 0.3) is 0 Å². The van der Waals surface area contributed by atoms with E-state index in [0.717, 1.165) is 11.5 Å². The summed E-state index contributed by atoms with van der Waals surface area (Å²) in [4.78, 5) is 2.23. The third-order valence-corrected chi connectivity index (χ3v) is 7.29. The Morgan fingerprint density at radius 3 is 2.30 bits per heavy atom. The Kier molecular flexibility index (Phi) is 6.10. The molecule has 0 atom stereocenters. The molecule has 1 saturated carbocycles. The molecule has 30 heavy (non-hydrogen) atoms. The molecule has 0 spiro atoms. The van der Waals surface area contributed by atoms with Crippen LogP contribution < -0.4 is 14.4 Å². The van der Waals surface area contributed by atoms with Gasteiger partial charge in [-0.25, -0.2) is 8.42 Å². The standard InChI is InChI=1S/C21H28N4O4S/c1-3-28-17-7-9-19(29-4-2)20(15-17)30(26,27)25-13-11-24(12-14-25)21-10-8-18(22-23-21)16-5-6-16/h7-10,15-16H,3-6,11-14H2,1-2H3. The van der Waals surface area contributed by atoms with Gasteiger partial charge in [0.15, 0.2) is 5.82 Å². The summed E-state index contributed by atoms with van der Waals surface area (Å²) in [5.74, 6) is 2.24. The van der Waals surface area contributed by atoms with Gasteiger partial charge in [0.2, 0.25) is 10.0 Å². The van der Waals surface area contributed by atoms with Gasteiger partial charge in [0, 0.05) is 38.2 Å². The number of sulfonamides is 1. The Morgan fingerprint density at radius 1 is 0.967 bits per heavy atom. The highest BCUT2D eigenvalue weighted by molar-refractivity contribution is 7.89. The van der Waals surface area contributed by atoms with E-state index in [1.165, 1.54) is 17.1 Å². The number of hydrogen-bond acceptors (Lipinski definition) is 7. The lowest BCUT2D eigenvalue weighted by atomic mass is 10.2. The zero-order valence-corrected chi connectivity index (χ0v) is 18.3. The van der Waals surface area contributed by atoms with Gasteiger partial charge in [-0.3, -0.25) is 0 Å². The molecule has 1 aliphatic carbocycles. The second kappa shape index (κ2) is 8.77. The van der Waals surface area contributed by atoms with E-state index < -0.39 is 10.0 Å². The van der Waals surface area contributed by atoms with E-state index in [9.17, 15) is 8.42 Å². The quantitative estimate of drug-likeness (QED) is 0.634. The number of nitrogens with zero attached hydrogens (tertiary/aromatic N) is 4. The Labute approximate surface area is 177 Å². The van der Waals surface area contributed by atoms with Crippen molar-refractivity contribution in [2.24, 2.45) is 0 Å². The number of piperazine rings is 1. The van der Waals surface area contributed by atoms with Crippen LogP contribution in [0.15, 0.2) is 35.2 Å². The van der Waals surface area contributed by atoms with Crippen LogP contribution in [0, 0.1) is 0 Å². The van der Waals surface area contributed by atoms with Gasteiger partial charge < -0.3 is 14.4 Å². The molecule has 2 heterocycles. The summed E-state index contributed by atoms with van der Waals surface area (Å²) in [5, 5.41) is 8.69. The smallest absolute Gasteiger partial charge is 0.247 e. The molecule has 4 rings (SSSR count). The van der Waals surface area contributed by atoms with E-state index >= 15 is 0 Å². The van der Waals surface area contributed by atoms with Crippen LogP contribution in [0.2, 0.25) is 0 Å². The van der Waals surface area contributed by atoms with Crippen molar-refractivity contribution in [2.75, 3.05) is 44.3 Å². The number of rotatable bonds is 8. The molecule has 2 fully saturated rings. The SMILES string of the molecule is CCOc1ccc(OCC)c(S(=O)(=O)N2CCN(c3ccc(C4CC4)nn3)CC2)c1. The monoisotopic (exact) mass is 432 g/mol. The van der Waals surface area contributed by atoms with Crippen LogP contribution in [0.1, 0.15) is 38.3 Å². The molecule has 9 heteroatoms. The minimum Gasteiger partial charge on any atom is -0.494 e. The first-order chi connectivity index (χ1) is 14.5. The number of aromatic nitrogens is 2. The van der Waals surface area contributed by atoms with Gasteiger partial charge >= 0.3 is 0 Å². The highest BCUT2D eigenvalue weighted by atomic mass is 32.2. The third kappa shape index (κ3) is 4.37. The summed E-state index contributed by atoms with van der Waals surface area (Å²) in [7, 11) is -3.71. The minimum absolute atomic E-state index is 0.150. The second-order valence-electron chi connectivity index (χ2n) is 7.46. The van der Waals surface area contributed by atoms with E-state index in [0.29, 0.717) is 56.8 Å². The average molecular weight is 433 g/mol. The topological polar surface area (TPSA) is 84.9 Å². The molecule has 1 aromatic carbocycles. The normalized spacial score (nSPS) is 17.7. The van der Waals surface area contributed by atoms with Gasteiger partial charge in [0.25, 0.3) is 0 Å². The lowest BCUT2D eigenvalue weighted by Gasteiger charge is -2.34. The summed E-state index contributed by atoms with van der Waals surface area (Å²) >= 11 is 0. The van der Waals surface area contributed by atoms with E-state index in [2.05, 4.69) is 15.1 Å². The molecule has 1 aliphatic heterocycles. The predicted molar refractivity (Wildman–Crippen MR) is 114 cm³/mol. The summed E-state index contributed by atoms with van der Waals surface area (Å²) in [6.45, 7) is 6.42. The number of ether oxygens (including phenoxy) is 2. The van der Waals surface area contributed by atoms with Gasteiger partial charge in [-0.2, -0.15) is 9.40 Å². The van der Waals surface area contributed by atoms with E-state index in [-0.39, 0.29) is 4.90 Å². The zero-order valence-electron chi connectivity index (χ0n) is 17.5. The van der Waals surface area contributed by atoms with Crippen molar-refractivity contribution < 1.29 is 17.9 Å². The van der Waals surface area contributed by atoms with Gasteiger partial charge in [0.05, 0.1) is 18.9 Å². The highest BCUT2D eigenvalue weighted by Gasteiger charge is 2.32. The van der Waals surface area contributed by atoms with E-state index in [1.807, 2.05) is 26.0 Å². The Morgan fingerprint density at radius 2 is 1.70 bits per heavy atom. The van der Waals surface area contributed by atoms with Crippen LogP contribution in [0.4, 0.5) is 5.82 Å². The molecular weight excluding hydrogens is 404 g/mol. The van der Waals surface area contributed by atoms with Gasteiger partial charge in [0.1, 0.15) is 16.4 Å². The minimum atomic E-state index is -3.71. The van der Waals surface area contributed by atoms with Crippen molar-refractivity contribution >= 4 is 15.8 Å². The van der Waals surface area contributed by atoms with Crippen LogP contribution in [0.3, 0.4) is 0 Å². The fourth-order valence-corrected chi connectivity index (χ4v) is 5.19. The van der Waals surface area contributed by atoms with Crippen molar-refractivity contribution in [1.29, 1.82) is 0 Å². The molecule has 162 valence electrons. The Bertz CT molecular complexity index is 969. The Hall–Kier alpha value is -2.39. The van der Waals surface area contributed by atoms with Crippen LogP contribution in [-0.2, 0) is 10.0 Å². The first kappa shape index (κ1) is 20.9. The number of hydrogen-bond donors (Lipinski definition) is 0. The number of benzene rings is 1. The first-order valence-corrected chi connectivity index (χ1v) is 11.9. The Balaban J connectivity index is 1.48.